The SMILES string of the molecule is O=[SH](=O)c1cc(S(=O)(=O)c2ccc(Cl)c([SH](=O)=O)c2)ccc1Cl. The summed E-state index contributed by atoms with van der Waals surface area (Å²) in [7, 11) is -10.3. The molecule has 2 aromatic carbocycles. The van der Waals surface area contributed by atoms with E-state index in [9.17, 15) is 25.3 Å². The highest BCUT2D eigenvalue weighted by Gasteiger charge is 2.21. The molecule has 0 heterocycles. The van der Waals surface area contributed by atoms with Crippen molar-refractivity contribution in [3.63, 3.8) is 0 Å². The van der Waals surface area contributed by atoms with Crippen LogP contribution in [0.5, 0.6) is 0 Å². The molecule has 2 aromatic rings. The highest BCUT2D eigenvalue weighted by Crippen LogP contribution is 2.29. The van der Waals surface area contributed by atoms with E-state index in [-0.39, 0.29) is 29.6 Å². The molecule has 0 amide bonds. The molecule has 0 aliphatic heterocycles. The van der Waals surface area contributed by atoms with Crippen LogP contribution in [0.15, 0.2) is 56.0 Å². The molecule has 23 heavy (non-hydrogen) atoms. The van der Waals surface area contributed by atoms with Gasteiger partial charge < -0.3 is 0 Å². The van der Waals surface area contributed by atoms with Gasteiger partial charge in [-0.05, 0) is 36.4 Å². The minimum Gasteiger partial charge on any atom is -0.227 e. The van der Waals surface area contributed by atoms with Gasteiger partial charge in [0.1, 0.15) is 0 Å². The molecular weight excluding hydrogens is 407 g/mol. The smallest absolute Gasteiger partial charge is 0.206 e. The van der Waals surface area contributed by atoms with Crippen LogP contribution < -0.4 is 0 Å². The molecule has 0 radical (unpaired) electrons. The first kappa shape index (κ1) is 18.2. The highest BCUT2D eigenvalue weighted by molar-refractivity contribution is 7.91. The Hall–Kier alpha value is -1.13. The molecule has 0 fully saturated rings. The van der Waals surface area contributed by atoms with Crippen molar-refractivity contribution in [2.75, 3.05) is 0 Å². The van der Waals surface area contributed by atoms with E-state index in [0.717, 1.165) is 36.4 Å². The van der Waals surface area contributed by atoms with Gasteiger partial charge in [0, 0.05) is 0 Å². The van der Waals surface area contributed by atoms with Crippen molar-refractivity contribution in [2.24, 2.45) is 0 Å². The monoisotopic (exact) mass is 414 g/mol. The Bertz CT molecular complexity index is 945. The largest absolute Gasteiger partial charge is 0.227 e. The van der Waals surface area contributed by atoms with E-state index in [1.165, 1.54) is 0 Å². The maximum Gasteiger partial charge on any atom is 0.206 e. The molecule has 0 aliphatic rings. The Balaban J connectivity index is 2.68. The van der Waals surface area contributed by atoms with E-state index in [1.54, 1.807) is 0 Å². The summed E-state index contributed by atoms with van der Waals surface area (Å²) < 4.78 is 69.4. The fourth-order valence-electron chi connectivity index (χ4n) is 1.74. The van der Waals surface area contributed by atoms with E-state index >= 15 is 0 Å². The molecule has 0 unspecified atom stereocenters. The van der Waals surface area contributed by atoms with E-state index in [2.05, 4.69) is 0 Å². The number of benzene rings is 2. The van der Waals surface area contributed by atoms with Gasteiger partial charge in [-0.25, -0.2) is 25.3 Å². The minimum absolute atomic E-state index is 0.112. The number of halogens is 2. The Morgan fingerprint density at radius 3 is 1.35 bits per heavy atom. The predicted molar refractivity (Wildman–Crippen MR) is 85.5 cm³/mol. The summed E-state index contributed by atoms with van der Waals surface area (Å²) in [4.78, 5) is -1.34. The van der Waals surface area contributed by atoms with Crippen molar-refractivity contribution in [1.29, 1.82) is 0 Å². The molecule has 6 nitrogen and oxygen atoms in total. The van der Waals surface area contributed by atoms with Crippen molar-refractivity contribution in [1.82, 2.24) is 0 Å². The lowest BCUT2D eigenvalue weighted by atomic mass is 10.3. The molecule has 2 rings (SSSR count). The maximum atomic E-state index is 12.5. The normalized spacial score (nSPS) is 12.0. The van der Waals surface area contributed by atoms with E-state index in [4.69, 9.17) is 23.2 Å². The summed E-state index contributed by atoms with van der Waals surface area (Å²) in [5.74, 6) is 0. The van der Waals surface area contributed by atoms with Gasteiger partial charge in [0.2, 0.25) is 9.84 Å². The van der Waals surface area contributed by atoms with Crippen LogP contribution in [-0.4, -0.2) is 25.3 Å². The minimum atomic E-state index is -4.14. The third-order valence-corrected chi connectivity index (χ3v) is 7.05. The Labute approximate surface area is 145 Å². The summed E-state index contributed by atoms with van der Waals surface area (Å²) in [5.41, 5.74) is 0. The first-order valence-corrected chi connectivity index (χ1v) is 10.4. The van der Waals surface area contributed by atoms with Gasteiger partial charge in [-0.3, -0.25) is 0 Å². The quantitative estimate of drug-likeness (QED) is 0.738. The standard InChI is InChI=1S/C12H8Cl2O6S3/c13-9-3-1-7(5-11(9)21(15)16)23(19,20)8-2-4-10(14)12(6-8)22(17)18/h1-6,21-22H. The number of sulfone groups is 1. The molecule has 0 atom stereocenters. The van der Waals surface area contributed by atoms with Crippen molar-refractivity contribution in [2.45, 2.75) is 19.6 Å². The second kappa shape index (κ2) is 6.78. The van der Waals surface area contributed by atoms with Gasteiger partial charge >= 0.3 is 0 Å². The summed E-state index contributed by atoms with van der Waals surface area (Å²) in [6.07, 6.45) is 0. The lowest BCUT2D eigenvalue weighted by Gasteiger charge is -2.07. The molecule has 0 N–H and O–H groups in total. The van der Waals surface area contributed by atoms with Crippen LogP contribution in [0.2, 0.25) is 10.0 Å². The van der Waals surface area contributed by atoms with Crippen molar-refractivity contribution >= 4 is 54.4 Å². The predicted octanol–water partition coefficient (Wildman–Crippen LogP) is 1.77. The number of hydrogen-bond acceptors (Lipinski definition) is 6. The lowest BCUT2D eigenvalue weighted by molar-refractivity contribution is 0.595. The maximum absolute atomic E-state index is 12.5. The first-order valence-electron chi connectivity index (χ1n) is 5.77. The van der Waals surface area contributed by atoms with Crippen LogP contribution in [0.25, 0.3) is 0 Å². The third kappa shape index (κ3) is 3.69. The molecule has 0 aromatic heterocycles. The zero-order valence-corrected chi connectivity index (χ0v) is 15.1. The van der Waals surface area contributed by atoms with Gasteiger partial charge in [0.25, 0.3) is 0 Å². The van der Waals surface area contributed by atoms with Crippen LogP contribution in [-0.2, 0) is 31.2 Å². The van der Waals surface area contributed by atoms with Crippen LogP contribution >= 0.6 is 23.2 Å². The average molecular weight is 415 g/mol. The van der Waals surface area contributed by atoms with Crippen LogP contribution in [0.1, 0.15) is 0 Å². The highest BCUT2D eigenvalue weighted by atomic mass is 35.5. The number of rotatable bonds is 4. The number of hydrogen-bond donors (Lipinski definition) is 2. The Kier molecular flexibility index (Phi) is 5.37. The molecule has 0 saturated heterocycles. The molecule has 124 valence electrons. The second-order valence-electron chi connectivity index (χ2n) is 4.24. The molecule has 11 heteroatoms. The van der Waals surface area contributed by atoms with E-state index in [0.29, 0.717) is 0 Å². The van der Waals surface area contributed by atoms with Gasteiger partial charge in [-0.1, -0.05) is 23.2 Å². The van der Waals surface area contributed by atoms with Crippen LogP contribution in [0.4, 0.5) is 0 Å². The molecular formula is C12H8Cl2O6S3. The van der Waals surface area contributed by atoms with E-state index < -0.39 is 31.2 Å². The molecule has 0 saturated carbocycles. The topological polar surface area (TPSA) is 102 Å². The molecule has 0 aliphatic carbocycles. The summed E-state index contributed by atoms with van der Waals surface area (Å²) in [6.45, 7) is 0. The van der Waals surface area contributed by atoms with Gasteiger partial charge in [-0.2, -0.15) is 0 Å². The fourth-order valence-corrected chi connectivity index (χ4v) is 4.86. The van der Waals surface area contributed by atoms with Gasteiger partial charge in [-0.15, -0.1) is 0 Å². The van der Waals surface area contributed by atoms with Crippen LogP contribution in [0.3, 0.4) is 0 Å². The van der Waals surface area contributed by atoms with Crippen molar-refractivity contribution in [3.8, 4) is 0 Å². The zero-order valence-electron chi connectivity index (χ0n) is 11.0. The van der Waals surface area contributed by atoms with Gasteiger partial charge in [0.05, 0.1) is 29.6 Å². The summed E-state index contributed by atoms with van der Waals surface area (Å²) >= 11 is 11.4. The van der Waals surface area contributed by atoms with E-state index in [1.807, 2.05) is 0 Å². The fraction of sp³-hybridized carbons (Fsp3) is 0. The third-order valence-electron chi connectivity index (χ3n) is 2.85. The van der Waals surface area contributed by atoms with Crippen LogP contribution in [0, 0.1) is 0 Å². The summed E-state index contributed by atoms with van der Waals surface area (Å²) in [5, 5.41) is -0.223. The Morgan fingerprint density at radius 1 is 0.696 bits per heavy atom. The van der Waals surface area contributed by atoms with Crippen molar-refractivity contribution in [3.05, 3.63) is 46.4 Å². The second-order valence-corrected chi connectivity index (χ2v) is 9.00. The first-order chi connectivity index (χ1) is 10.6. The zero-order chi connectivity index (χ0) is 17.4. The van der Waals surface area contributed by atoms with Crippen molar-refractivity contribution < 1.29 is 25.3 Å². The Morgan fingerprint density at radius 2 is 1.04 bits per heavy atom. The average Bonchev–Trinajstić information content (AvgIpc) is 2.47. The summed E-state index contributed by atoms with van der Waals surface area (Å²) in [6, 6.07) is 6.36. The molecule has 0 spiro atoms. The lowest BCUT2D eigenvalue weighted by Crippen LogP contribution is -2.03. The number of thiol groups is 2. The molecule has 0 bridgehead atoms. The van der Waals surface area contributed by atoms with Gasteiger partial charge in [0.15, 0.2) is 21.4 Å².